The molecule has 9 heteroatoms. The highest BCUT2D eigenvalue weighted by Gasteiger charge is 2.36. The number of esters is 2. The second-order valence-corrected chi connectivity index (χ2v) is 7.63. The zero-order valence-corrected chi connectivity index (χ0v) is 18.7. The quantitative estimate of drug-likeness (QED) is 0.257. The van der Waals surface area contributed by atoms with Gasteiger partial charge >= 0.3 is 11.9 Å². The summed E-state index contributed by atoms with van der Waals surface area (Å²) in [5.41, 5.74) is 2.56. The van der Waals surface area contributed by atoms with Crippen LogP contribution in [0.25, 0.3) is 0 Å². The number of hydroxylamine groups is 1. The van der Waals surface area contributed by atoms with E-state index in [4.69, 9.17) is 14.3 Å². The molecule has 3 aromatic carbocycles. The fourth-order valence-electron chi connectivity index (χ4n) is 3.68. The van der Waals surface area contributed by atoms with Crippen molar-refractivity contribution in [1.29, 1.82) is 0 Å². The maximum Gasteiger partial charge on any atom is 0.308 e. The van der Waals surface area contributed by atoms with Gasteiger partial charge < -0.3 is 9.47 Å². The van der Waals surface area contributed by atoms with E-state index in [-0.39, 0.29) is 45.9 Å². The minimum Gasteiger partial charge on any atom is -0.426 e. The largest absolute Gasteiger partial charge is 0.426 e. The summed E-state index contributed by atoms with van der Waals surface area (Å²) in [4.78, 5) is 67.9. The molecule has 1 N–H and O–H groups in total. The van der Waals surface area contributed by atoms with Gasteiger partial charge in [-0.3, -0.25) is 28.8 Å². The molecule has 0 radical (unpaired) electrons. The van der Waals surface area contributed by atoms with Gasteiger partial charge in [0.15, 0.2) is 5.78 Å². The maximum absolute atomic E-state index is 13.4. The Labute approximate surface area is 199 Å². The average Bonchev–Trinajstić information content (AvgIpc) is 2.82. The van der Waals surface area contributed by atoms with Crippen molar-refractivity contribution in [2.75, 3.05) is 0 Å². The number of ketones is 2. The number of benzene rings is 3. The van der Waals surface area contributed by atoms with Gasteiger partial charge in [-0.1, -0.05) is 42.5 Å². The summed E-state index contributed by atoms with van der Waals surface area (Å²) in [5.74, 6) is -3.80. The molecule has 1 amide bonds. The maximum atomic E-state index is 13.4. The van der Waals surface area contributed by atoms with Crippen LogP contribution in [0.5, 0.6) is 11.5 Å². The molecule has 0 saturated carbocycles. The highest BCUT2D eigenvalue weighted by molar-refractivity contribution is 6.30. The van der Waals surface area contributed by atoms with Crippen LogP contribution in [0.15, 0.2) is 60.7 Å². The fourth-order valence-corrected chi connectivity index (χ4v) is 3.68. The number of fused-ring (bicyclic) bond motifs is 2. The van der Waals surface area contributed by atoms with E-state index in [1.54, 1.807) is 0 Å². The Hall–Kier alpha value is -4.63. The van der Waals surface area contributed by atoms with Gasteiger partial charge in [0.25, 0.3) is 5.91 Å². The molecule has 35 heavy (non-hydrogen) atoms. The summed E-state index contributed by atoms with van der Waals surface area (Å²) in [5, 5.41) is 0. The standard InChI is InChI=1S/C26H19NO8/c1-14(28)34-20-10-6-9-18-22(20)25(31)23-19(24(18)30)11-17(12-21(23)35-15(2)29)26(32)27-33-13-16-7-4-3-5-8-16/h3-12H,13H2,1-2H3,(H,27,32). The molecule has 0 fully saturated rings. The van der Waals surface area contributed by atoms with Crippen molar-refractivity contribution in [3.63, 3.8) is 0 Å². The van der Waals surface area contributed by atoms with Crippen LogP contribution in [-0.4, -0.2) is 29.4 Å². The Morgan fingerprint density at radius 2 is 1.40 bits per heavy atom. The molecule has 176 valence electrons. The summed E-state index contributed by atoms with van der Waals surface area (Å²) in [7, 11) is 0. The van der Waals surface area contributed by atoms with Crippen molar-refractivity contribution in [3.8, 4) is 11.5 Å². The summed E-state index contributed by atoms with van der Waals surface area (Å²) in [6, 6.07) is 15.8. The van der Waals surface area contributed by atoms with E-state index in [9.17, 15) is 24.0 Å². The second-order valence-electron chi connectivity index (χ2n) is 7.63. The zero-order valence-electron chi connectivity index (χ0n) is 18.7. The number of rotatable bonds is 6. The monoisotopic (exact) mass is 473 g/mol. The highest BCUT2D eigenvalue weighted by Crippen LogP contribution is 2.38. The van der Waals surface area contributed by atoms with Gasteiger partial charge in [-0.05, 0) is 23.8 Å². The van der Waals surface area contributed by atoms with Crippen molar-refractivity contribution in [1.82, 2.24) is 5.48 Å². The molecule has 0 bridgehead atoms. The molecule has 0 unspecified atom stereocenters. The van der Waals surface area contributed by atoms with Gasteiger partial charge in [-0.2, -0.15) is 0 Å². The smallest absolute Gasteiger partial charge is 0.308 e. The Bertz CT molecular complexity index is 1380. The van der Waals surface area contributed by atoms with Crippen LogP contribution in [0.3, 0.4) is 0 Å². The van der Waals surface area contributed by atoms with Crippen LogP contribution in [0.1, 0.15) is 61.6 Å². The minimum atomic E-state index is -0.760. The van der Waals surface area contributed by atoms with Crippen LogP contribution in [0.4, 0.5) is 0 Å². The molecule has 4 rings (SSSR count). The van der Waals surface area contributed by atoms with Gasteiger partial charge in [0.05, 0.1) is 17.7 Å². The minimum absolute atomic E-state index is 0.00656. The van der Waals surface area contributed by atoms with Crippen molar-refractivity contribution in [2.45, 2.75) is 20.5 Å². The van der Waals surface area contributed by atoms with Crippen molar-refractivity contribution >= 4 is 29.4 Å². The normalized spacial score (nSPS) is 11.8. The first-order valence-corrected chi connectivity index (χ1v) is 10.5. The van der Waals surface area contributed by atoms with Crippen LogP contribution in [0, 0.1) is 0 Å². The molecule has 0 saturated heterocycles. The second kappa shape index (κ2) is 9.70. The van der Waals surface area contributed by atoms with Gasteiger partial charge in [-0.25, -0.2) is 5.48 Å². The van der Waals surface area contributed by atoms with Crippen LogP contribution < -0.4 is 15.0 Å². The van der Waals surface area contributed by atoms with Crippen molar-refractivity contribution in [3.05, 3.63) is 94.0 Å². The molecule has 0 aliphatic heterocycles. The molecule has 0 heterocycles. The highest BCUT2D eigenvalue weighted by atomic mass is 16.6. The van der Waals surface area contributed by atoms with E-state index in [1.807, 2.05) is 30.3 Å². The number of hydrogen-bond donors (Lipinski definition) is 1. The van der Waals surface area contributed by atoms with E-state index in [0.29, 0.717) is 0 Å². The third-order valence-electron chi connectivity index (χ3n) is 5.09. The van der Waals surface area contributed by atoms with E-state index >= 15 is 0 Å². The Morgan fingerprint density at radius 1 is 0.743 bits per heavy atom. The Kier molecular flexibility index (Phi) is 6.52. The summed E-state index contributed by atoms with van der Waals surface area (Å²) >= 11 is 0. The molecular weight excluding hydrogens is 454 g/mol. The molecule has 1 aliphatic rings. The first-order valence-electron chi connectivity index (χ1n) is 10.5. The molecule has 0 atom stereocenters. The lowest BCUT2D eigenvalue weighted by molar-refractivity contribution is -0.132. The number of carbonyl (C=O) groups excluding carboxylic acids is 5. The van der Waals surface area contributed by atoms with Crippen LogP contribution in [0.2, 0.25) is 0 Å². The third-order valence-corrected chi connectivity index (χ3v) is 5.09. The van der Waals surface area contributed by atoms with Crippen LogP contribution >= 0.6 is 0 Å². The lowest BCUT2D eigenvalue weighted by Crippen LogP contribution is -2.27. The topological polar surface area (TPSA) is 125 Å². The fraction of sp³-hybridized carbons (Fsp3) is 0.115. The van der Waals surface area contributed by atoms with E-state index in [2.05, 4.69) is 5.48 Å². The number of carbonyl (C=O) groups is 5. The predicted molar refractivity (Wildman–Crippen MR) is 121 cm³/mol. The third kappa shape index (κ3) is 4.85. The average molecular weight is 473 g/mol. The van der Waals surface area contributed by atoms with E-state index < -0.39 is 29.4 Å². The lowest BCUT2D eigenvalue weighted by Gasteiger charge is -2.22. The molecule has 3 aromatic rings. The summed E-state index contributed by atoms with van der Waals surface area (Å²) in [6.07, 6.45) is 0. The van der Waals surface area contributed by atoms with Gasteiger partial charge in [0.1, 0.15) is 11.5 Å². The first kappa shape index (κ1) is 23.5. The Balaban J connectivity index is 1.71. The van der Waals surface area contributed by atoms with Gasteiger partial charge in [0, 0.05) is 30.5 Å². The molecule has 0 aromatic heterocycles. The molecule has 1 aliphatic carbocycles. The number of nitrogens with one attached hydrogen (secondary N) is 1. The van der Waals surface area contributed by atoms with Crippen LogP contribution in [-0.2, 0) is 21.0 Å². The number of hydrogen-bond acceptors (Lipinski definition) is 8. The summed E-state index contributed by atoms with van der Waals surface area (Å²) in [6.45, 7) is 2.38. The van der Waals surface area contributed by atoms with Crippen molar-refractivity contribution < 1.29 is 38.3 Å². The molecular formula is C26H19NO8. The van der Waals surface area contributed by atoms with Gasteiger partial charge in [0.2, 0.25) is 5.78 Å². The predicted octanol–water partition coefficient (Wildman–Crippen LogP) is 3.17. The Morgan fingerprint density at radius 3 is 2.09 bits per heavy atom. The number of ether oxygens (including phenoxy) is 2. The lowest BCUT2D eigenvalue weighted by atomic mass is 9.82. The first-order chi connectivity index (χ1) is 16.8. The van der Waals surface area contributed by atoms with Crippen molar-refractivity contribution in [2.24, 2.45) is 0 Å². The number of amides is 1. The SMILES string of the molecule is CC(=O)Oc1cccc2c1C(=O)c1c(OC(C)=O)cc(C(=O)NOCc3ccccc3)cc1C2=O. The summed E-state index contributed by atoms with van der Waals surface area (Å²) < 4.78 is 10.3. The molecule has 0 spiro atoms. The van der Waals surface area contributed by atoms with E-state index in [0.717, 1.165) is 19.4 Å². The van der Waals surface area contributed by atoms with Gasteiger partial charge in [-0.15, -0.1) is 0 Å². The zero-order chi connectivity index (χ0) is 25.1. The molecule has 9 nitrogen and oxygen atoms in total. The van der Waals surface area contributed by atoms with E-state index in [1.165, 1.54) is 30.3 Å².